The van der Waals surface area contributed by atoms with Crippen LogP contribution in [0.1, 0.15) is 25.1 Å². The number of anilines is 1. The lowest BCUT2D eigenvalue weighted by molar-refractivity contribution is 0.970. The van der Waals surface area contributed by atoms with Gasteiger partial charge < -0.3 is 5.32 Å². The van der Waals surface area contributed by atoms with Crippen molar-refractivity contribution in [2.45, 2.75) is 27.2 Å². The fourth-order valence-electron chi connectivity index (χ4n) is 2.04. The molecule has 2 rings (SSSR count). The maximum Gasteiger partial charge on any atom is 0.163 e. The van der Waals surface area contributed by atoms with Crippen LogP contribution in [0.4, 0.5) is 5.82 Å². The van der Waals surface area contributed by atoms with Gasteiger partial charge in [0, 0.05) is 27.8 Å². The summed E-state index contributed by atoms with van der Waals surface area (Å²) in [5.74, 6) is 1.54. The van der Waals surface area contributed by atoms with E-state index >= 15 is 0 Å². The summed E-state index contributed by atoms with van der Waals surface area (Å²) in [5.41, 5.74) is 2.99. The molecule has 0 bridgehead atoms. The minimum atomic E-state index is 0.654. The zero-order chi connectivity index (χ0) is 14.7. The number of nitrogens with one attached hydrogen (secondary N) is 1. The van der Waals surface area contributed by atoms with Crippen LogP contribution in [-0.4, -0.2) is 16.5 Å². The lowest BCUT2D eigenvalue weighted by Crippen LogP contribution is -2.07. The second-order valence-corrected chi connectivity index (χ2v) is 5.80. The Kier molecular flexibility index (Phi) is 5.00. The van der Waals surface area contributed by atoms with Gasteiger partial charge in [-0.3, -0.25) is 0 Å². The van der Waals surface area contributed by atoms with Gasteiger partial charge >= 0.3 is 0 Å². The van der Waals surface area contributed by atoms with Crippen molar-refractivity contribution in [3.05, 3.63) is 39.0 Å². The Bertz CT molecular complexity index is 629. The molecule has 0 atom stereocenters. The van der Waals surface area contributed by atoms with Gasteiger partial charge in [0.25, 0.3) is 0 Å². The number of benzene rings is 1. The predicted octanol–water partition coefficient (Wildman–Crippen LogP) is 4.86. The number of halogens is 2. The number of aromatic nitrogens is 2. The van der Waals surface area contributed by atoms with Crippen molar-refractivity contribution in [2.24, 2.45) is 0 Å². The first-order valence-electron chi connectivity index (χ1n) is 6.63. The Balaban J connectivity index is 2.61. The van der Waals surface area contributed by atoms with Crippen LogP contribution in [0.2, 0.25) is 5.02 Å². The zero-order valence-electron chi connectivity index (χ0n) is 11.8. The van der Waals surface area contributed by atoms with E-state index in [-0.39, 0.29) is 0 Å². The summed E-state index contributed by atoms with van der Waals surface area (Å²) in [6.45, 7) is 7.02. The minimum Gasteiger partial charge on any atom is -0.370 e. The smallest absolute Gasteiger partial charge is 0.163 e. The standard InChI is InChI=1S/C15H17BrClN3/c1-4-13-9(3)14(18-5-2)20-15(19-13)11-8-10(16)6-7-12(11)17/h6-8H,4-5H2,1-3H3,(H,18,19,20). The van der Waals surface area contributed by atoms with E-state index in [0.29, 0.717) is 10.8 Å². The van der Waals surface area contributed by atoms with E-state index < -0.39 is 0 Å². The maximum absolute atomic E-state index is 6.27. The molecule has 0 spiro atoms. The summed E-state index contributed by atoms with van der Waals surface area (Å²) in [5, 5.41) is 3.94. The van der Waals surface area contributed by atoms with Crippen LogP contribution in [0.15, 0.2) is 22.7 Å². The van der Waals surface area contributed by atoms with E-state index in [1.54, 1.807) is 0 Å². The Morgan fingerprint density at radius 1 is 1.25 bits per heavy atom. The van der Waals surface area contributed by atoms with Crippen LogP contribution < -0.4 is 5.32 Å². The average Bonchev–Trinajstić information content (AvgIpc) is 2.44. The van der Waals surface area contributed by atoms with Crippen LogP contribution in [0.5, 0.6) is 0 Å². The fraction of sp³-hybridized carbons (Fsp3) is 0.333. The molecule has 2 aromatic rings. The van der Waals surface area contributed by atoms with Crippen LogP contribution in [0.25, 0.3) is 11.4 Å². The highest BCUT2D eigenvalue weighted by molar-refractivity contribution is 9.10. The number of hydrogen-bond donors (Lipinski definition) is 1. The molecule has 0 aliphatic rings. The molecule has 1 heterocycles. The van der Waals surface area contributed by atoms with E-state index in [1.165, 1.54) is 0 Å². The van der Waals surface area contributed by atoms with Crippen molar-refractivity contribution in [2.75, 3.05) is 11.9 Å². The van der Waals surface area contributed by atoms with E-state index in [4.69, 9.17) is 11.6 Å². The van der Waals surface area contributed by atoms with Crippen molar-refractivity contribution < 1.29 is 0 Å². The SMILES string of the molecule is CCNc1nc(-c2cc(Br)ccc2Cl)nc(CC)c1C. The van der Waals surface area contributed by atoms with Gasteiger partial charge in [-0.1, -0.05) is 34.5 Å². The van der Waals surface area contributed by atoms with Crippen molar-refractivity contribution in [1.29, 1.82) is 0 Å². The summed E-state index contributed by atoms with van der Waals surface area (Å²) in [6.07, 6.45) is 0.866. The largest absolute Gasteiger partial charge is 0.370 e. The van der Waals surface area contributed by atoms with Crippen molar-refractivity contribution >= 4 is 33.3 Å². The van der Waals surface area contributed by atoms with Gasteiger partial charge in [0.2, 0.25) is 0 Å². The zero-order valence-corrected chi connectivity index (χ0v) is 14.1. The molecule has 0 aliphatic carbocycles. The third kappa shape index (κ3) is 3.13. The first kappa shape index (κ1) is 15.3. The molecule has 0 unspecified atom stereocenters. The van der Waals surface area contributed by atoms with Gasteiger partial charge in [-0.05, 0) is 38.5 Å². The van der Waals surface area contributed by atoms with Gasteiger partial charge in [-0.25, -0.2) is 9.97 Å². The molecule has 0 radical (unpaired) electrons. The highest BCUT2D eigenvalue weighted by Gasteiger charge is 2.13. The number of hydrogen-bond acceptors (Lipinski definition) is 3. The van der Waals surface area contributed by atoms with E-state index in [1.807, 2.05) is 25.1 Å². The molecule has 20 heavy (non-hydrogen) atoms. The molecule has 1 aromatic heterocycles. The van der Waals surface area contributed by atoms with Gasteiger partial charge in [0.15, 0.2) is 5.82 Å². The summed E-state index contributed by atoms with van der Waals surface area (Å²) in [7, 11) is 0. The molecular weight excluding hydrogens is 338 g/mol. The molecule has 0 saturated heterocycles. The van der Waals surface area contributed by atoms with E-state index in [9.17, 15) is 0 Å². The number of nitrogens with zero attached hydrogens (tertiary/aromatic N) is 2. The quantitative estimate of drug-likeness (QED) is 0.852. The monoisotopic (exact) mass is 353 g/mol. The maximum atomic E-state index is 6.27. The summed E-state index contributed by atoms with van der Waals surface area (Å²) in [4.78, 5) is 9.26. The second-order valence-electron chi connectivity index (χ2n) is 4.48. The highest BCUT2D eigenvalue weighted by Crippen LogP contribution is 2.30. The topological polar surface area (TPSA) is 37.8 Å². The lowest BCUT2D eigenvalue weighted by atomic mass is 10.1. The first-order valence-corrected chi connectivity index (χ1v) is 7.80. The molecular formula is C15H17BrClN3. The van der Waals surface area contributed by atoms with Gasteiger partial charge in [-0.2, -0.15) is 0 Å². The molecule has 1 aromatic carbocycles. The van der Waals surface area contributed by atoms with Crippen LogP contribution in [0, 0.1) is 6.92 Å². The summed E-state index contributed by atoms with van der Waals surface area (Å²) < 4.78 is 0.962. The normalized spacial score (nSPS) is 10.7. The molecule has 1 N–H and O–H groups in total. The number of aryl methyl sites for hydroxylation is 1. The van der Waals surface area contributed by atoms with E-state index in [0.717, 1.165) is 40.1 Å². The molecule has 0 fully saturated rings. The Labute approximate surface area is 132 Å². The van der Waals surface area contributed by atoms with Crippen LogP contribution >= 0.6 is 27.5 Å². The molecule has 0 amide bonds. The van der Waals surface area contributed by atoms with Crippen LogP contribution in [0.3, 0.4) is 0 Å². The van der Waals surface area contributed by atoms with Crippen molar-refractivity contribution in [3.63, 3.8) is 0 Å². The minimum absolute atomic E-state index is 0.654. The Morgan fingerprint density at radius 3 is 2.65 bits per heavy atom. The summed E-state index contributed by atoms with van der Waals surface area (Å²) >= 11 is 9.74. The van der Waals surface area contributed by atoms with Gasteiger partial charge in [0.05, 0.1) is 5.02 Å². The molecule has 5 heteroatoms. The molecule has 106 valence electrons. The second kappa shape index (κ2) is 6.55. The third-order valence-electron chi connectivity index (χ3n) is 3.10. The van der Waals surface area contributed by atoms with Crippen LogP contribution in [-0.2, 0) is 6.42 Å². The molecule has 3 nitrogen and oxygen atoms in total. The first-order chi connectivity index (χ1) is 9.56. The lowest BCUT2D eigenvalue weighted by Gasteiger charge is -2.13. The van der Waals surface area contributed by atoms with Gasteiger partial charge in [-0.15, -0.1) is 0 Å². The van der Waals surface area contributed by atoms with Gasteiger partial charge in [0.1, 0.15) is 5.82 Å². The average molecular weight is 355 g/mol. The molecule has 0 saturated carbocycles. The molecule has 0 aliphatic heterocycles. The summed E-state index contributed by atoms with van der Waals surface area (Å²) in [6, 6.07) is 5.71. The van der Waals surface area contributed by atoms with Crippen molar-refractivity contribution in [3.8, 4) is 11.4 Å². The Hall–Kier alpha value is -1.13. The third-order valence-corrected chi connectivity index (χ3v) is 3.92. The Morgan fingerprint density at radius 2 is 2.00 bits per heavy atom. The highest BCUT2D eigenvalue weighted by atomic mass is 79.9. The number of rotatable bonds is 4. The van der Waals surface area contributed by atoms with E-state index in [2.05, 4.69) is 45.1 Å². The van der Waals surface area contributed by atoms with Crippen molar-refractivity contribution in [1.82, 2.24) is 9.97 Å². The fourth-order valence-corrected chi connectivity index (χ4v) is 2.60. The predicted molar refractivity (Wildman–Crippen MR) is 88.5 cm³/mol.